The molecule has 0 amide bonds. The minimum absolute atomic E-state index is 0.0325. The first-order chi connectivity index (χ1) is 10.2. The third-order valence-electron chi connectivity index (χ3n) is 3.87. The summed E-state index contributed by atoms with van der Waals surface area (Å²) in [6, 6.07) is 10.5. The van der Waals surface area contributed by atoms with Crippen LogP contribution in [0.2, 0.25) is 0 Å². The van der Waals surface area contributed by atoms with E-state index in [0.717, 1.165) is 18.2 Å². The molecular weight excluding hydrogens is 268 g/mol. The lowest BCUT2D eigenvalue weighted by atomic mass is 9.96. The lowest BCUT2D eigenvalue weighted by Crippen LogP contribution is -2.30. The topological polar surface area (TPSA) is 63.6 Å². The monoisotopic (exact) mass is 284 g/mol. The first kappa shape index (κ1) is 13.6. The molecule has 0 unspecified atom stereocenters. The summed E-state index contributed by atoms with van der Waals surface area (Å²) in [5.74, 6) is -0.769. The fourth-order valence-corrected chi connectivity index (χ4v) is 2.69. The number of hydrogen-bond acceptors (Lipinski definition) is 4. The van der Waals surface area contributed by atoms with E-state index in [4.69, 9.17) is 4.74 Å². The number of fused-ring (bicyclic) bond motifs is 1. The van der Waals surface area contributed by atoms with Crippen LogP contribution in [0, 0.1) is 0 Å². The average molecular weight is 284 g/mol. The quantitative estimate of drug-likeness (QED) is 0.860. The highest BCUT2D eigenvalue weighted by molar-refractivity contribution is 6.02. The first-order valence-electron chi connectivity index (χ1n) is 7.11. The van der Waals surface area contributed by atoms with Crippen molar-refractivity contribution in [2.24, 2.45) is 0 Å². The van der Waals surface area contributed by atoms with Gasteiger partial charge in [-0.25, -0.2) is 4.79 Å². The second kappa shape index (κ2) is 5.56. The van der Waals surface area contributed by atoms with Gasteiger partial charge in [-0.1, -0.05) is 30.3 Å². The van der Waals surface area contributed by atoms with Crippen molar-refractivity contribution in [3.05, 3.63) is 42.0 Å². The standard InChI is InChI=1S/C17H16O4/c18-14-7-3-4-8-15(14)21-17(20)13-10-9-11-5-1-2-6-12(11)16(13)19/h1-2,5-6,9-10,15,19H,3-4,7-8H2/t15-/m1/s1. The van der Waals surface area contributed by atoms with E-state index in [1.807, 2.05) is 12.1 Å². The summed E-state index contributed by atoms with van der Waals surface area (Å²) >= 11 is 0. The molecule has 1 atom stereocenters. The van der Waals surface area contributed by atoms with Crippen LogP contribution in [0.25, 0.3) is 10.8 Å². The molecule has 0 aromatic heterocycles. The molecule has 0 bridgehead atoms. The number of Topliss-reactive ketones (excluding diaryl/α,β-unsaturated/α-hetero) is 1. The van der Waals surface area contributed by atoms with E-state index in [0.29, 0.717) is 18.2 Å². The summed E-state index contributed by atoms with van der Waals surface area (Å²) in [4.78, 5) is 23.9. The van der Waals surface area contributed by atoms with Gasteiger partial charge in [-0.2, -0.15) is 0 Å². The Labute approximate surface area is 122 Å². The van der Waals surface area contributed by atoms with E-state index in [1.54, 1.807) is 18.2 Å². The highest BCUT2D eigenvalue weighted by Gasteiger charge is 2.27. The molecular formula is C17H16O4. The number of esters is 1. The molecule has 0 radical (unpaired) electrons. The highest BCUT2D eigenvalue weighted by atomic mass is 16.5. The number of phenols is 1. The van der Waals surface area contributed by atoms with Crippen molar-refractivity contribution in [3.63, 3.8) is 0 Å². The molecule has 0 aliphatic heterocycles. The minimum Gasteiger partial charge on any atom is -0.506 e. The fourth-order valence-electron chi connectivity index (χ4n) is 2.69. The number of rotatable bonds is 2. The van der Waals surface area contributed by atoms with E-state index in [-0.39, 0.29) is 17.1 Å². The van der Waals surface area contributed by atoms with Crippen molar-refractivity contribution in [2.75, 3.05) is 0 Å². The van der Waals surface area contributed by atoms with Crippen LogP contribution in [0.5, 0.6) is 5.75 Å². The van der Waals surface area contributed by atoms with E-state index in [2.05, 4.69) is 0 Å². The highest BCUT2D eigenvalue weighted by Crippen LogP contribution is 2.30. The molecule has 0 heterocycles. The molecule has 0 spiro atoms. The Bertz CT molecular complexity index is 705. The zero-order valence-electron chi connectivity index (χ0n) is 11.5. The Kier molecular flexibility index (Phi) is 3.60. The molecule has 108 valence electrons. The number of ketones is 1. The van der Waals surface area contributed by atoms with Gasteiger partial charge in [-0.15, -0.1) is 0 Å². The van der Waals surface area contributed by atoms with Crippen molar-refractivity contribution in [2.45, 2.75) is 31.8 Å². The van der Waals surface area contributed by atoms with Crippen molar-refractivity contribution >= 4 is 22.5 Å². The Morgan fingerprint density at radius 1 is 1.14 bits per heavy atom. The molecule has 1 N–H and O–H groups in total. The summed E-state index contributed by atoms with van der Waals surface area (Å²) in [5.41, 5.74) is 0.104. The van der Waals surface area contributed by atoms with Crippen LogP contribution in [0.15, 0.2) is 36.4 Å². The van der Waals surface area contributed by atoms with Gasteiger partial charge < -0.3 is 9.84 Å². The second-order valence-electron chi connectivity index (χ2n) is 5.29. The van der Waals surface area contributed by atoms with Gasteiger partial charge in [0.2, 0.25) is 0 Å². The molecule has 1 saturated carbocycles. The van der Waals surface area contributed by atoms with E-state index in [1.165, 1.54) is 6.07 Å². The summed E-state index contributed by atoms with van der Waals surface area (Å²) in [5, 5.41) is 11.7. The lowest BCUT2D eigenvalue weighted by Gasteiger charge is -2.21. The molecule has 2 aromatic rings. The van der Waals surface area contributed by atoms with Gasteiger partial charge in [-0.05, 0) is 30.7 Å². The molecule has 1 fully saturated rings. The normalized spacial score (nSPS) is 18.7. The van der Waals surface area contributed by atoms with Crippen molar-refractivity contribution < 1.29 is 19.4 Å². The maximum atomic E-state index is 12.2. The molecule has 3 rings (SSSR count). The molecule has 1 aliphatic rings. The summed E-state index contributed by atoms with van der Waals surface area (Å²) in [7, 11) is 0. The van der Waals surface area contributed by atoms with Crippen molar-refractivity contribution in [1.82, 2.24) is 0 Å². The average Bonchev–Trinajstić information content (AvgIpc) is 2.50. The zero-order chi connectivity index (χ0) is 14.8. The Balaban J connectivity index is 1.87. The zero-order valence-corrected chi connectivity index (χ0v) is 11.5. The maximum Gasteiger partial charge on any atom is 0.342 e. The van der Waals surface area contributed by atoms with E-state index in [9.17, 15) is 14.7 Å². The van der Waals surface area contributed by atoms with Crippen LogP contribution >= 0.6 is 0 Å². The molecule has 21 heavy (non-hydrogen) atoms. The molecule has 2 aromatic carbocycles. The Hall–Kier alpha value is -2.36. The van der Waals surface area contributed by atoms with Gasteiger partial charge in [0.15, 0.2) is 11.9 Å². The molecule has 4 nitrogen and oxygen atoms in total. The third-order valence-corrected chi connectivity index (χ3v) is 3.87. The Morgan fingerprint density at radius 3 is 2.76 bits per heavy atom. The SMILES string of the molecule is O=C(O[C@@H]1CCCCC1=O)c1ccc2ccccc2c1O. The number of carbonyl (C=O) groups is 2. The summed E-state index contributed by atoms with van der Waals surface area (Å²) in [6.45, 7) is 0. The third kappa shape index (κ3) is 2.61. The van der Waals surface area contributed by atoms with Crippen LogP contribution in [0.3, 0.4) is 0 Å². The fraction of sp³-hybridized carbons (Fsp3) is 0.294. The predicted octanol–water partition coefficient (Wildman–Crippen LogP) is 3.21. The van der Waals surface area contributed by atoms with Gasteiger partial charge in [-0.3, -0.25) is 4.79 Å². The number of ether oxygens (including phenoxy) is 1. The van der Waals surface area contributed by atoms with Gasteiger partial charge in [0, 0.05) is 11.8 Å². The predicted molar refractivity (Wildman–Crippen MR) is 78.3 cm³/mol. The van der Waals surface area contributed by atoms with E-state index >= 15 is 0 Å². The van der Waals surface area contributed by atoms with Gasteiger partial charge >= 0.3 is 5.97 Å². The van der Waals surface area contributed by atoms with Crippen LogP contribution < -0.4 is 0 Å². The number of phenolic OH excluding ortho intramolecular Hbond substituents is 1. The van der Waals surface area contributed by atoms with Gasteiger partial charge in [0.25, 0.3) is 0 Å². The lowest BCUT2D eigenvalue weighted by molar-refractivity contribution is -0.129. The number of carbonyl (C=O) groups excluding carboxylic acids is 2. The number of hydrogen-bond donors (Lipinski definition) is 1. The maximum absolute atomic E-state index is 12.2. The van der Waals surface area contributed by atoms with Crippen LogP contribution in [-0.2, 0) is 9.53 Å². The van der Waals surface area contributed by atoms with Gasteiger partial charge in [0.1, 0.15) is 11.3 Å². The summed E-state index contributed by atoms with van der Waals surface area (Å²) in [6.07, 6.45) is 2.10. The van der Waals surface area contributed by atoms with E-state index < -0.39 is 12.1 Å². The van der Waals surface area contributed by atoms with Crippen molar-refractivity contribution in [1.29, 1.82) is 0 Å². The van der Waals surface area contributed by atoms with Gasteiger partial charge in [0.05, 0.1) is 0 Å². The van der Waals surface area contributed by atoms with Crippen LogP contribution in [0.4, 0.5) is 0 Å². The van der Waals surface area contributed by atoms with Crippen LogP contribution in [0.1, 0.15) is 36.0 Å². The largest absolute Gasteiger partial charge is 0.506 e. The minimum atomic E-state index is -0.669. The first-order valence-corrected chi connectivity index (χ1v) is 7.11. The smallest absolute Gasteiger partial charge is 0.342 e. The molecule has 4 heteroatoms. The molecule has 0 saturated heterocycles. The summed E-state index contributed by atoms with van der Waals surface area (Å²) < 4.78 is 5.27. The number of benzene rings is 2. The second-order valence-corrected chi connectivity index (χ2v) is 5.29. The van der Waals surface area contributed by atoms with Crippen molar-refractivity contribution in [3.8, 4) is 5.75 Å². The Morgan fingerprint density at radius 2 is 1.95 bits per heavy atom. The van der Waals surface area contributed by atoms with Crippen LogP contribution in [-0.4, -0.2) is 23.0 Å². The molecule has 1 aliphatic carbocycles. The number of aromatic hydroxyl groups is 1.